The summed E-state index contributed by atoms with van der Waals surface area (Å²) in [7, 11) is 0. The molecule has 0 aliphatic heterocycles. The lowest BCUT2D eigenvalue weighted by molar-refractivity contribution is 0.622. The van der Waals surface area contributed by atoms with E-state index in [1.807, 2.05) is 23.8 Å². The number of nitrogens with zero attached hydrogens (tertiary/aromatic N) is 3. The highest BCUT2D eigenvalue weighted by Crippen LogP contribution is 2.11. The Labute approximate surface area is 92.8 Å². The van der Waals surface area contributed by atoms with Crippen LogP contribution in [0.4, 0.5) is 4.39 Å². The summed E-state index contributed by atoms with van der Waals surface area (Å²) in [5.41, 5.74) is 1.10. The van der Waals surface area contributed by atoms with Gasteiger partial charge in [0.2, 0.25) is 0 Å². The largest absolute Gasteiger partial charge is 0.331 e. The highest BCUT2D eigenvalue weighted by atomic mass is 19.1. The average molecular weight is 215 g/mol. The monoisotopic (exact) mass is 215 g/mol. The molecule has 0 bridgehead atoms. The van der Waals surface area contributed by atoms with Crippen LogP contribution in [-0.2, 0) is 6.54 Å². The van der Waals surface area contributed by atoms with Gasteiger partial charge >= 0.3 is 0 Å². The van der Waals surface area contributed by atoms with E-state index in [-0.39, 0.29) is 5.82 Å². The number of aromatic nitrogens is 2. The van der Waals surface area contributed by atoms with Crippen LogP contribution in [0.15, 0.2) is 30.6 Å². The van der Waals surface area contributed by atoms with Crippen molar-refractivity contribution in [1.29, 1.82) is 5.26 Å². The first-order chi connectivity index (χ1) is 7.69. The Bertz CT molecular complexity index is 552. The van der Waals surface area contributed by atoms with Gasteiger partial charge in [0.1, 0.15) is 11.6 Å². The number of hydrogen-bond donors (Lipinski definition) is 0. The topological polar surface area (TPSA) is 41.6 Å². The Kier molecular flexibility index (Phi) is 2.69. The Morgan fingerprint density at radius 2 is 2.25 bits per heavy atom. The maximum Gasteiger partial charge on any atom is 0.124 e. The lowest BCUT2D eigenvalue weighted by Crippen LogP contribution is -2.01. The van der Waals surface area contributed by atoms with Gasteiger partial charge in [-0.15, -0.1) is 0 Å². The summed E-state index contributed by atoms with van der Waals surface area (Å²) in [4.78, 5) is 4.08. The molecule has 0 radical (unpaired) electrons. The van der Waals surface area contributed by atoms with E-state index < -0.39 is 0 Å². The zero-order chi connectivity index (χ0) is 11.5. The van der Waals surface area contributed by atoms with Crippen molar-refractivity contribution in [3.8, 4) is 6.07 Å². The molecule has 0 aliphatic rings. The fourth-order valence-corrected chi connectivity index (χ4v) is 1.57. The fourth-order valence-electron chi connectivity index (χ4n) is 1.57. The Balaban J connectivity index is 2.32. The maximum atomic E-state index is 13.2. The summed E-state index contributed by atoms with van der Waals surface area (Å²) >= 11 is 0. The van der Waals surface area contributed by atoms with Gasteiger partial charge in [0.15, 0.2) is 0 Å². The molecule has 4 heteroatoms. The molecule has 0 spiro atoms. The van der Waals surface area contributed by atoms with Crippen LogP contribution < -0.4 is 0 Å². The number of nitriles is 1. The van der Waals surface area contributed by atoms with E-state index in [9.17, 15) is 4.39 Å². The fraction of sp³-hybridized carbons (Fsp3) is 0.167. The molecule has 3 nitrogen and oxygen atoms in total. The lowest BCUT2D eigenvalue weighted by Gasteiger charge is -2.05. The Hall–Kier alpha value is -2.15. The van der Waals surface area contributed by atoms with Crippen molar-refractivity contribution in [1.82, 2.24) is 9.55 Å². The van der Waals surface area contributed by atoms with Crippen molar-refractivity contribution in [2.45, 2.75) is 13.5 Å². The molecule has 0 unspecified atom stereocenters. The number of hydrogen-bond acceptors (Lipinski definition) is 2. The van der Waals surface area contributed by atoms with Gasteiger partial charge in [0.05, 0.1) is 11.6 Å². The number of rotatable bonds is 2. The molecule has 0 saturated heterocycles. The number of halogens is 1. The van der Waals surface area contributed by atoms with Crippen LogP contribution in [0.3, 0.4) is 0 Å². The summed E-state index contributed by atoms with van der Waals surface area (Å²) in [5, 5.41) is 8.73. The van der Waals surface area contributed by atoms with Gasteiger partial charge in [-0.1, -0.05) is 0 Å². The summed E-state index contributed by atoms with van der Waals surface area (Å²) in [6.45, 7) is 2.41. The van der Waals surface area contributed by atoms with Crippen LogP contribution in [-0.4, -0.2) is 9.55 Å². The average Bonchev–Trinajstić information content (AvgIpc) is 2.63. The van der Waals surface area contributed by atoms with E-state index in [1.54, 1.807) is 12.3 Å². The standard InChI is InChI=1S/C12H10FN3/c1-9-15-2-3-16(9)8-11-4-10(7-14)5-12(13)6-11/h2-6H,8H2,1H3. The predicted octanol–water partition coefficient (Wildman–Crippen LogP) is 2.25. The zero-order valence-electron chi connectivity index (χ0n) is 8.81. The molecule has 2 aromatic rings. The third kappa shape index (κ3) is 2.09. The van der Waals surface area contributed by atoms with E-state index in [2.05, 4.69) is 4.98 Å². The van der Waals surface area contributed by atoms with Crippen LogP contribution in [0.25, 0.3) is 0 Å². The second-order valence-corrected chi connectivity index (χ2v) is 3.56. The summed E-state index contributed by atoms with van der Waals surface area (Å²) in [6.07, 6.45) is 3.52. The number of imidazole rings is 1. The van der Waals surface area contributed by atoms with Gasteiger partial charge in [-0.05, 0) is 30.7 Å². The number of benzene rings is 1. The SMILES string of the molecule is Cc1nccn1Cc1cc(F)cc(C#N)c1. The lowest BCUT2D eigenvalue weighted by atomic mass is 10.1. The van der Waals surface area contributed by atoms with E-state index >= 15 is 0 Å². The zero-order valence-corrected chi connectivity index (χ0v) is 8.81. The van der Waals surface area contributed by atoms with Crippen LogP contribution in [0, 0.1) is 24.1 Å². The van der Waals surface area contributed by atoms with Crippen molar-refractivity contribution in [3.63, 3.8) is 0 Å². The van der Waals surface area contributed by atoms with E-state index in [1.165, 1.54) is 12.1 Å². The van der Waals surface area contributed by atoms with Gasteiger partial charge in [0, 0.05) is 18.9 Å². The van der Waals surface area contributed by atoms with E-state index in [4.69, 9.17) is 5.26 Å². The molecule has 0 fully saturated rings. The maximum absolute atomic E-state index is 13.2. The van der Waals surface area contributed by atoms with Gasteiger partial charge in [-0.3, -0.25) is 0 Å². The van der Waals surface area contributed by atoms with Crippen LogP contribution >= 0.6 is 0 Å². The molecule has 1 aromatic carbocycles. The molecule has 0 atom stereocenters. The first-order valence-electron chi connectivity index (χ1n) is 4.86. The van der Waals surface area contributed by atoms with Crippen molar-refractivity contribution >= 4 is 0 Å². The van der Waals surface area contributed by atoms with Gasteiger partial charge < -0.3 is 4.57 Å². The Morgan fingerprint density at radius 3 is 2.88 bits per heavy atom. The van der Waals surface area contributed by atoms with Gasteiger partial charge in [-0.2, -0.15) is 5.26 Å². The third-order valence-corrected chi connectivity index (χ3v) is 2.36. The quantitative estimate of drug-likeness (QED) is 0.771. The predicted molar refractivity (Wildman–Crippen MR) is 57.2 cm³/mol. The molecule has 0 aliphatic carbocycles. The smallest absolute Gasteiger partial charge is 0.124 e. The highest BCUT2D eigenvalue weighted by molar-refractivity contribution is 5.33. The molecule has 16 heavy (non-hydrogen) atoms. The van der Waals surface area contributed by atoms with Crippen molar-refractivity contribution < 1.29 is 4.39 Å². The highest BCUT2D eigenvalue weighted by Gasteiger charge is 2.03. The molecule has 0 N–H and O–H groups in total. The normalized spacial score (nSPS) is 10.1. The van der Waals surface area contributed by atoms with Crippen molar-refractivity contribution in [2.75, 3.05) is 0 Å². The van der Waals surface area contributed by atoms with Gasteiger partial charge in [0.25, 0.3) is 0 Å². The van der Waals surface area contributed by atoms with Crippen molar-refractivity contribution in [2.24, 2.45) is 0 Å². The molecule has 1 heterocycles. The van der Waals surface area contributed by atoms with Gasteiger partial charge in [-0.25, -0.2) is 9.37 Å². The van der Waals surface area contributed by atoms with Crippen LogP contribution in [0.5, 0.6) is 0 Å². The van der Waals surface area contributed by atoms with Crippen LogP contribution in [0.2, 0.25) is 0 Å². The van der Waals surface area contributed by atoms with E-state index in [0.717, 1.165) is 11.4 Å². The third-order valence-electron chi connectivity index (χ3n) is 2.36. The molecule has 80 valence electrons. The first kappa shape index (κ1) is 10.4. The molecule has 0 amide bonds. The van der Waals surface area contributed by atoms with Crippen LogP contribution in [0.1, 0.15) is 17.0 Å². The Morgan fingerprint density at radius 1 is 1.44 bits per heavy atom. The summed E-state index contributed by atoms with van der Waals surface area (Å²) < 4.78 is 15.1. The van der Waals surface area contributed by atoms with Crippen molar-refractivity contribution in [3.05, 3.63) is 53.4 Å². The molecule has 0 saturated carbocycles. The minimum absolute atomic E-state index is 0.341. The number of aryl methyl sites for hydroxylation is 1. The van der Waals surface area contributed by atoms with E-state index in [0.29, 0.717) is 12.1 Å². The summed E-state index contributed by atoms with van der Waals surface area (Å²) in [6, 6.07) is 6.28. The molecular weight excluding hydrogens is 205 g/mol. The summed E-state index contributed by atoms with van der Waals surface area (Å²) in [5.74, 6) is 0.481. The molecule has 1 aromatic heterocycles. The minimum Gasteiger partial charge on any atom is -0.331 e. The molecule has 2 rings (SSSR count). The first-order valence-corrected chi connectivity index (χ1v) is 4.86. The second kappa shape index (κ2) is 4.15. The second-order valence-electron chi connectivity index (χ2n) is 3.56. The minimum atomic E-state index is -0.383. The molecular formula is C12H10FN3.